The van der Waals surface area contributed by atoms with Gasteiger partial charge < -0.3 is 30.9 Å². The number of nitrogens with zero attached hydrogens (tertiary/aromatic N) is 3. The van der Waals surface area contributed by atoms with Crippen LogP contribution in [0.25, 0.3) is 22.4 Å². The van der Waals surface area contributed by atoms with E-state index in [9.17, 15) is 24.3 Å². The number of aromatic hydroxyl groups is 1. The maximum atomic E-state index is 13.7. The van der Waals surface area contributed by atoms with Crippen LogP contribution in [0.3, 0.4) is 0 Å². The van der Waals surface area contributed by atoms with Gasteiger partial charge in [0.15, 0.2) is 11.6 Å². The lowest BCUT2D eigenvalue weighted by Gasteiger charge is -2.15. The highest BCUT2D eigenvalue weighted by atomic mass is 19.1. The van der Waals surface area contributed by atoms with E-state index in [0.29, 0.717) is 22.5 Å². The molecule has 0 radical (unpaired) electrons. The number of aromatic nitrogens is 3. The minimum absolute atomic E-state index is 0.00830. The number of imidazole rings is 1. The number of anilines is 2. The molecule has 0 aliphatic carbocycles. The number of hydrogen-bond acceptors (Lipinski definition) is 8. The summed E-state index contributed by atoms with van der Waals surface area (Å²) in [7, 11) is 0. The van der Waals surface area contributed by atoms with Crippen LogP contribution in [0.2, 0.25) is 0 Å². The zero-order chi connectivity index (χ0) is 28.9. The van der Waals surface area contributed by atoms with E-state index in [1.54, 1.807) is 30.5 Å². The van der Waals surface area contributed by atoms with Crippen LogP contribution in [-0.2, 0) is 11.2 Å². The Bertz CT molecular complexity index is 1760. The highest BCUT2D eigenvalue weighted by Crippen LogP contribution is 2.36. The molecule has 0 saturated carbocycles. The van der Waals surface area contributed by atoms with Gasteiger partial charge in [0.05, 0.1) is 30.0 Å². The van der Waals surface area contributed by atoms with Crippen LogP contribution in [-0.4, -0.2) is 37.9 Å². The molecular weight excluding hydrogens is 529 g/mol. The van der Waals surface area contributed by atoms with Gasteiger partial charge in [-0.1, -0.05) is 12.1 Å². The first kappa shape index (κ1) is 26.8. The Hall–Kier alpha value is -5.80. The molecule has 0 saturated heterocycles. The highest BCUT2D eigenvalue weighted by Gasteiger charge is 2.21. The van der Waals surface area contributed by atoms with Crippen molar-refractivity contribution in [2.24, 2.45) is 5.73 Å². The highest BCUT2D eigenvalue weighted by molar-refractivity contribution is 6.03. The van der Waals surface area contributed by atoms with E-state index >= 15 is 0 Å². The van der Waals surface area contributed by atoms with Crippen LogP contribution in [0.5, 0.6) is 5.75 Å². The van der Waals surface area contributed by atoms with E-state index in [1.165, 1.54) is 36.9 Å². The lowest BCUT2D eigenvalue weighted by atomic mass is 9.97. The van der Waals surface area contributed by atoms with Crippen LogP contribution in [0.15, 0.2) is 83.9 Å². The monoisotopic (exact) mass is 551 g/mol. The van der Waals surface area contributed by atoms with Crippen LogP contribution in [0.1, 0.15) is 21.8 Å². The SMILES string of the molecule is N#Cc1c(-c2cccc(NC(=O)[C@H](N)Cc3c[nH]cn3)c2)cc(-c2ccc(F)cc2O)nc1NC(=O)c1ccco1. The number of nitrogens with one attached hydrogen (secondary N) is 3. The van der Waals surface area contributed by atoms with E-state index < -0.39 is 23.7 Å². The van der Waals surface area contributed by atoms with Crippen LogP contribution >= 0.6 is 0 Å². The summed E-state index contributed by atoms with van der Waals surface area (Å²) in [5, 5.41) is 25.9. The van der Waals surface area contributed by atoms with Gasteiger partial charge in [0.1, 0.15) is 23.2 Å². The Kier molecular flexibility index (Phi) is 7.53. The molecule has 3 aromatic heterocycles. The molecule has 3 heterocycles. The van der Waals surface area contributed by atoms with Gasteiger partial charge >= 0.3 is 0 Å². The number of halogens is 1. The number of carbonyl (C=O) groups excluding carboxylic acids is 2. The molecule has 0 fully saturated rings. The standard InChI is InChI=1S/C29H22FN7O4/c30-17-6-7-20(25(38)10-17)24-12-21(22(13-31)27(36-24)37-29(40)26-5-2-8-41-26)16-3-1-4-18(9-16)35-28(39)23(32)11-19-14-33-15-34-19/h1-10,12,14-15,23,38H,11,32H2,(H,33,34)(H,35,39)(H,36,37,40)/t23-/m1/s1. The van der Waals surface area contributed by atoms with E-state index in [-0.39, 0.29) is 40.6 Å². The Balaban J connectivity index is 1.54. The number of benzene rings is 2. The van der Waals surface area contributed by atoms with Gasteiger partial charge in [-0.05, 0) is 48.0 Å². The van der Waals surface area contributed by atoms with Gasteiger partial charge in [-0.3, -0.25) is 9.59 Å². The minimum atomic E-state index is -0.867. The fourth-order valence-corrected chi connectivity index (χ4v) is 4.13. The van der Waals surface area contributed by atoms with E-state index in [4.69, 9.17) is 10.2 Å². The van der Waals surface area contributed by atoms with E-state index in [1.807, 2.05) is 0 Å². The molecule has 11 nitrogen and oxygen atoms in total. The van der Waals surface area contributed by atoms with Crippen molar-refractivity contribution in [3.8, 4) is 34.2 Å². The summed E-state index contributed by atoms with van der Waals surface area (Å²) in [6, 6.07) is 15.8. The van der Waals surface area contributed by atoms with Gasteiger partial charge in [0.2, 0.25) is 5.91 Å². The first-order valence-corrected chi connectivity index (χ1v) is 12.3. The van der Waals surface area contributed by atoms with Crippen molar-refractivity contribution < 1.29 is 23.5 Å². The topological polar surface area (TPSA) is 183 Å². The lowest BCUT2D eigenvalue weighted by Crippen LogP contribution is -2.37. The second-order valence-electron chi connectivity index (χ2n) is 8.92. The average Bonchev–Trinajstić information content (AvgIpc) is 3.68. The van der Waals surface area contributed by atoms with Gasteiger partial charge in [0, 0.05) is 35.5 Å². The third-order valence-electron chi connectivity index (χ3n) is 6.11. The fourth-order valence-electron chi connectivity index (χ4n) is 4.13. The number of rotatable bonds is 8. The molecule has 0 aliphatic rings. The molecule has 2 amide bonds. The third kappa shape index (κ3) is 5.95. The van der Waals surface area contributed by atoms with Crippen LogP contribution < -0.4 is 16.4 Å². The van der Waals surface area contributed by atoms with Gasteiger partial charge in [-0.2, -0.15) is 5.26 Å². The molecule has 6 N–H and O–H groups in total. The first-order chi connectivity index (χ1) is 19.8. The molecule has 0 spiro atoms. The summed E-state index contributed by atoms with van der Waals surface area (Å²) in [6.45, 7) is 0. The Morgan fingerprint density at radius 2 is 1.98 bits per heavy atom. The second-order valence-corrected chi connectivity index (χ2v) is 8.92. The van der Waals surface area contributed by atoms with Gasteiger partial charge in [0.25, 0.3) is 5.91 Å². The molecule has 0 aliphatic heterocycles. The van der Waals surface area contributed by atoms with Crippen molar-refractivity contribution in [1.29, 1.82) is 5.26 Å². The largest absolute Gasteiger partial charge is 0.507 e. The summed E-state index contributed by atoms with van der Waals surface area (Å²) >= 11 is 0. The van der Waals surface area contributed by atoms with E-state index in [2.05, 4.69) is 31.7 Å². The number of hydrogen-bond donors (Lipinski definition) is 5. The molecule has 0 bridgehead atoms. The summed E-state index contributed by atoms with van der Waals surface area (Å²) in [6.07, 6.45) is 4.70. The van der Waals surface area contributed by atoms with E-state index in [0.717, 1.165) is 12.1 Å². The molecule has 12 heteroatoms. The number of carbonyl (C=O) groups is 2. The maximum absolute atomic E-state index is 13.7. The minimum Gasteiger partial charge on any atom is -0.507 e. The number of aromatic amines is 1. The average molecular weight is 552 g/mol. The number of furan rings is 1. The van der Waals surface area contributed by atoms with Crippen LogP contribution in [0.4, 0.5) is 15.9 Å². The van der Waals surface area contributed by atoms with Gasteiger partial charge in [-0.15, -0.1) is 0 Å². The zero-order valence-corrected chi connectivity index (χ0v) is 21.3. The number of pyridine rings is 1. The second kappa shape index (κ2) is 11.5. The predicted molar refractivity (Wildman–Crippen MR) is 147 cm³/mol. The molecule has 41 heavy (non-hydrogen) atoms. The quantitative estimate of drug-likeness (QED) is 0.190. The number of phenols is 1. The molecule has 5 aromatic rings. The maximum Gasteiger partial charge on any atom is 0.292 e. The fraction of sp³-hybridized carbons (Fsp3) is 0.0690. The summed E-state index contributed by atoms with van der Waals surface area (Å²) < 4.78 is 18.9. The van der Waals surface area contributed by atoms with Crippen molar-refractivity contribution in [3.63, 3.8) is 0 Å². The van der Waals surface area contributed by atoms with Gasteiger partial charge in [-0.25, -0.2) is 14.4 Å². The Morgan fingerprint density at radius 3 is 2.68 bits per heavy atom. The molecule has 5 rings (SSSR count). The molecule has 1 atom stereocenters. The number of amides is 2. The number of nitrogens with two attached hydrogens (primary N) is 1. The summed E-state index contributed by atoms with van der Waals surface area (Å²) in [5.41, 5.74) is 8.23. The molecule has 2 aromatic carbocycles. The third-order valence-corrected chi connectivity index (χ3v) is 6.11. The summed E-state index contributed by atoms with van der Waals surface area (Å²) in [4.78, 5) is 36.8. The zero-order valence-electron chi connectivity index (χ0n) is 21.3. The molecule has 0 unspecified atom stereocenters. The van der Waals surface area contributed by atoms with Crippen molar-refractivity contribution in [2.75, 3.05) is 10.6 Å². The lowest BCUT2D eigenvalue weighted by molar-refractivity contribution is -0.117. The smallest absolute Gasteiger partial charge is 0.292 e. The molecule has 204 valence electrons. The number of phenolic OH excluding ortho intramolecular Hbond substituents is 1. The first-order valence-electron chi connectivity index (χ1n) is 12.3. The Labute approximate surface area is 232 Å². The predicted octanol–water partition coefficient (Wildman–Crippen LogP) is 4.21. The molecular formula is C29H22FN7O4. The van der Waals surface area contributed by atoms with Crippen molar-refractivity contribution in [2.45, 2.75) is 12.5 Å². The van der Waals surface area contributed by atoms with Crippen molar-refractivity contribution in [3.05, 3.63) is 102 Å². The van der Waals surface area contributed by atoms with Crippen LogP contribution in [0, 0.1) is 17.1 Å². The normalized spacial score (nSPS) is 11.4. The Morgan fingerprint density at radius 1 is 1.12 bits per heavy atom. The number of H-pyrrole nitrogens is 1. The summed E-state index contributed by atoms with van der Waals surface area (Å²) in [5.74, 6) is -2.26. The van der Waals surface area contributed by atoms with Crippen molar-refractivity contribution in [1.82, 2.24) is 15.0 Å². The van der Waals surface area contributed by atoms with Crippen molar-refractivity contribution >= 4 is 23.3 Å². The number of nitriles is 1.